The van der Waals surface area contributed by atoms with Crippen molar-refractivity contribution < 1.29 is 18.7 Å². The quantitative estimate of drug-likeness (QED) is 0.315. The van der Waals surface area contributed by atoms with E-state index in [-0.39, 0.29) is 24.0 Å². The molecule has 0 radical (unpaired) electrons. The van der Waals surface area contributed by atoms with Gasteiger partial charge in [-0.1, -0.05) is 0 Å². The zero-order valence-corrected chi connectivity index (χ0v) is 16.9. The second kappa shape index (κ2) is 8.75. The second-order valence-corrected chi connectivity index (χ2v) is 8.90. The van der Waals surface area contributed by atoms with E-state index in [9.17, 15) is 9.59 Å². The van der Waals surface area contributed by atoms with Crippen LogP contribution < -0.4 is 10.8 Å². The van der Waals surface area contributed by atoms with Crippen LogP contribution in [0.15, 0.2) is 0 Å². The minimum absolute atomic E-state index is 0.0345. The van der Waals surface area contributed by atoms with Crippen LogP contribution >= 0.6 is 24.7 Å². The number of urea groups is 1. The summed E-state index contributed by atoms with van der Waals surface area (Å²) in [6, 6.07) is -0.0696. The Morgan fingerprint density at radius 2 is 2.11 bits per heavy atom. The molecule has 0 aromatic heterocycles. The predicted molar refractivity (Wildman–Crippen MR) is 104 cm³/mol. The minimum atomic E-state index is -0.516. The van der Waals surface area contributed by atoms with E-state index < -0.39 is 6.04 Å². The molecular formula is C16H27N5O4S2. The monoisotopic (exact) mass is 417 g/mol. The average Bonchev–Trinajstić information content (AvgIpc) is 3.26. The standard InChI is InChI=1S/C16H27N5O4S2/c22-15(14-2-1-12-9-20(14)16(23)21(12)25-26)18-24-10-11-7-13(8-17-11)19-3-5-27-6-4-19/h11-14,17,26H,1-10H2,(H,18,22)/t11-,12?,13-,14?/m0/s1. The molecule has 0 aromatic rings. The molecule has 4 rings (SSSR count). The van der Waals surface area contributed by atoms with E-state index >= 15 is 0 Å². The van der Waals surface area contributed by atoms with Gasteiger partial charge in [-0.25, -0.2) is 14.6 Å². The molecule has 0 spiro atoms. The number of fused-ring (bicyclic) bond motifs is 2. The topological polar surface area (TPSA) is 86.4 Å². The molecule has 4 atom stereocenters. The molecule has 4 saturated heterocycles. The smallest absolute Gasteiger partial charge is 0.310 e. The third kappa shape index (κ3) is 4.18. The van der Waals surface area contributed by atoms with E-state index in [1.165, 1.54) is 21.5 Å². The Balaban J connectivity index is 1.20. The Morgan fingerprint density at radius 3 is 2.89 bits per heavy atom. The number of nitrogens with zero attached hydrogens (tertiary/aromatic N) is 3. The van der Waals surface area contributed by atoms with E-state index in [0.29, 0.717) is 32.0 Å². The lowest BCUT2D eigenvalue weighted by atomic mass is 10.0. The zero-order chi connectivity index (χ0) is 18.8. The number of hydroxylamine groups is 3. The largest absolute Gasteiger partial charge is 0.345 e. The highest BCUT2D eigenvalue weighted by atomic mass is 32.2. The van der Waals surface area contributed by atoms with Gasteiger partial charge in [-0.05, 0) is 19.3 Å². The van der Waals surface area contributed by atoms with Gasteiger partial charge in [-0.2, -0.15) is 16.8 Å². The summed E-state index contributed by atoms with van der Waals surface area (Å²) in [6.07, 6.45) is 2.33. The van der Waals surface area contributed by atoms with Crippen molar-refractivity contribution in [2.24, 2.45) is 0 Å². The van der Waals surface area contributed by atoms with Crippen LogP contribution in [0, 0.1) is 0 Å². The Bertz CT molecular complexity index is 565. The average molecular weight is 418 g/mol. The minimum Gasteiger partial charge on any atom is -0.310 e. The molecule has 11 heteroatoms. The Kier molecular flexibility index (Phi) is 6.35. The highest BCUT2D eigenvalue weighted by Gasteiger charge is 2.48. The fourth-order valence-electron chi connectivity index (χ4n) is 4.44. The first-order valence-corrected chi connectivity index (χ1v) is 11.1. The summed E-state index contributed by atoms with van der Waals surface area (Å²) in [5.74, 6) is 2.15. The number of amides is 3. The maximum absolute atomic E-state index is 12.5. The van der Waals surface area contributed by atoms with Gasteiger partial charge in [0.25, 0.3) is 5.91 Å². The van der Waals surface area contributed by atoms with Crippen LogP contribution in [-0.2, 0) is 13.9 Å². The van der Waals surface area contributed by atoms with Crippen LogP contribution in [0.3, 0.4) is 0 Å². The fraction of sp³-hybridized carbons (Fsp3) is 0.875. The Labute approximate surface area is 169 Å². The molecule has 2 N–H and O–H groups in total. The molecule has 0 saturated carbocycles. The Morgan fingerprint density at radius 1 is 1.30 bits per heavy atom. The van der Waals surface area contributed by atoms with Gasteiger partial charge >= 0.3 is 6.03 Å². The SMILES string of the molecule is O=C(NOC[C@@H]1C[C@H](N2CCSCC2)CN1)C1CCC2CN1C(=O)N2OS. The molecule has 2 bridgehead atoms. The van der Waals surface area contributed by atoms with Crippen molar-refractivity contribution in [1.82, 2.24) is 25.7 Å². The van der Waals surface area contributed by atoms with E-state index in [0.717, 1.165) is 26.1 Å². The summed E-state index contributed by atoms with van der Waals surface area (Å²) in [4.78, 5) is 34.3. The van der Waals surface area contributed by atoms with Crippen LogP contribution in [0.25, 0.3) is 0 Å². The molecule has 0 aliphatic carbocycles. The number of thiol groups is 1. The van der Waals surface area contributed by atoms with Gasteiger partial charge in [0.1, 0.15) is 6.04 Å². The van der Waals surface area contributed by atoms with Gasteiger partial charge in [0.2, 0.25) is 0 Å². The summed E-state index contributed by atoms with van der Waals surface area (Å²) >= 11 is 5.75. The molecular weight excluding hydrogens is 390 g/mol. The van der Waals surface area contributed by atoms with Gasteiger partial charge in [0, 0.05) is 62.7 Å². The maximum Gasteiger partial charge on any atom is 0.345 e. The highest BCUT2D eigenvalue weighted by Crippen LogP contribution is 2.30. The first kappa shape index (κ1) is 19.6. The number of thioether (sulfide) groups is 1. The summed E-state index contributed by atoms with van der Waals surface area (Å²) < 4.78 is 4.83. The van der Waals surface area contributed by atoms with E-state index in [1.54, 1.807) is 0 Å². The molecule has 4 fully saturated rings. The summed E-state index contributed by atoms with van der Waals surface area (Å²) in [5.41, 5.74) is 2.54. The van der Waals surface area contributed by atoms with Crippen LogP contribution in [-0.4, -0.2) is 95.3 Å². The third-order valence-electron chi connectivity index (χ3n) is 5.93. The lowest BCUT2D eigenvalue weighted by molar-refractivity contribution is -0.139. The number of hydrogen-bond donors (Lipinski definition) is 3. The number of nitrogens with one attached hydrogen (secondary N) is 2. The normalized spacial score (nSPS) is 34.3. The lowest BCUT2D eigenvalue weighted by Crippen LogP contribution is -2.50. The van der Waals surface area contributed by atoms with Gasteiger partial charge in [0.15, 0.2) is 0 Å². The second-order valence-electron chi connectivity index (χ2n) is 7.51. The maximum atomic E-state index is 12.5. The molecule has 4 heterocycles. The van der Waals surface area contributed by atoms with Gasteiger partial charge < -0.3 is 10.2 Å². The lowest BCUT2D eigenvalue weighted by Gasteiger charge is -2.31. The molecule has 2 unspecified atom stereocenters. The van der Waals surface area contributed by atoms with Gasteiger partial charge in [0.05, 0.1) is 12.6 Å². The van der Waals surface area contributed by atoms with Crippen molar-refractivity contribution in [1.29, 1.82) is 0 Å². The predicted octanol–water partition coefficient (Wildman–Crippen LogP) is -0.141. The third-order valence-corrected chi connectivity index (χ3v) is 7.05. The van der Waals surface area contributed by atoms with Crippen molar-refractivity contribution in [2.45, 2.75) is 43.4 Å². The zero-order valence-electron chi connectivity index (χ0n) is 15.2. The summed E-state index contributed by atoms with van der Waals surface area (Å²) in [7, 11) is 0. The van der Waals surface area contributed by atoms with E-state index in [1.807, 2.05) is 11.8 Å². The Hall–Kier alpha value is -0.720. The highest BCUT2D eigenvalue weighted by molar-refractivity contribution is 7.99. The molecule has 27 heavy (non-hydrogen) atoms. The summed E-state index contributed by atoms with van der Waals surface area (Å²) in [6.45, 7) is 4.19. The molecule has 0 aromatic carbocycles. The molecule has 152 valence electrons. The van der Waals surface area contributed by atoms with Crippen molar-refractivity contribution in [2.75, 3.05) is 44.3 Å². The number of carbonyl (C=O) groups is 2. The van der Waals surface area contributed by atoms with E-state index in [2.05, 4.69) is 28.6 Å². The molecule has 4 aliphatic heterocycles. The number of carbonyl (C=O) groups excluding carboxylic acids is 2. The van der Waals surface area contributed by atoms with Crippen LogP contribution in [0.2, 0.25) is 0 Å². The first-order chi connectivity index (χ1) is 13.2. The van der Waals surface area contributed by atoms with Crippen molar-refractivity contribution >= 4 is 36.6 Å². The number of hydrogen-bond acceptors (Lipinski definition) is 8. The fourth-order valence-corrected chi connectivity index (χ4v) is 5.57. The van der Waals surface area contributed by atoms with Crippen LogP contribution in [0.1, 0.15) is 19.3 Å². The van der Waals surface area contributed by atoms with Gasteiger partial charge in [-0.15, -0.1) is 0 Å². The molecule has 4 aliphatic rings. The number of rotatable bonds is 6. The van der Waals surface area contributed by atoms with Crippen LogP contribution in [0.4, 0.5) is 4.79 Å². The van der Waals surface area contributed by atoms with Crippen LogP contribution in [0.5, 0.6) is 0 Å². The molecule has 3 amide bonds. The van der Waals surface area contributed by atoms with E-state index in [4.69, 9.17) is 9.12 Å². The summed E-state index contributed by atoms with van der Waals surface area (Å²) in [5, 5.41) is 4.72. The van der Waals surface area contributed by atoms with Crippen molar-refractivity contribution in [3.63, 3.8) is 0 Å². The van der Waals surface area contributed by atoms with Crippen molar-refractivity contribution in [3.05, 3.63) is 0 Å². The van der Waals surface area contributed by atoms with Crippen molar-refractivity contribution in [3.8, 4) is 0 Å². The first-order valence-electron chi connectivity index (χ1n) is 9.55. The molecule has 9 nitrogen and oxygen atoms in total. The van der Waals surface area contributed by atoms with Gasteiger partial charge in [-0.3, -0.25) is 14.5 Å². The number of piperidine rings is 1.